The van der Waals surface area contributed by atoms with E-state index < -0.39 is 0 Å². The molecule has 106 valence electrons. The number of hydrogen-bond donors (Lipinski definition) is 1. The van der Waals surface area contributed by atoms with E-state index in [0.29, 0.717) is 6.04 Å². The van der Waals surface area contributed by atoms with E-state index in [2.05, 4.69) is 28.5 Å². The van der Waals surface area contributed by atoms with Crippen LogP contribution in [-0.2, 0) is 0 Å². The number of benzene rings is 1. The summed E-state index contributed by atoms with van der Waals surface area (Å²) in [6.07, 6.45) is 10.1. The zero-order valence-corrected chi connectivity index (χ0v) is 12.7. The third-order valence-electron chi connectivity index (χ3n) is 5.24. The standard InChI is InChI=1S/C17H22N2S/c1-2-4-13-9-14(6-5-12(13)3-1)19-15-7-8-16-17(10-15)20-11-18-16/h7-8,10-14,19H,1-6,9H2. The van der Waals surface area contributed by atoms with Crippen LogP contribution in [0.3, 0.4) is 0 Å². The summed E-state index contributed by atoms with van der Waals surface area (Å²) in [5, 5.41) is 3.77. The average molecular weight is 286 g/mol. The summed E-state index contributed by atoms with van der Waals surface area (Å²) in [5.41, 5.74) is 4.33. The largest absolute Gasteiger partial charge is 0.382 e. The molecule has 2 saturated carbocycles. The number of aromatic nitrogens is 1. The summed E-state index contributed by atoms with van der Waals surface area (Å²) in [5.74, 6) is 2.02. The van der Waals surface area contributed by atoms with E-state index >= 15 is 0 Å². The number of hydrogen-bond acceptors (Lipinski definition) is 3. The summed E-state index contributed by atoms with van der Waals surface area (Å²) in [6, 6.07) is 7.27. The van der Waals surface area contributed by atoms with Gasteiger partial charge in [0.05, 0.1) is 15.7 Å². The molecule has 3 heteroatoms. The molecule has 3 atom stereocenters. The highest BCUT2D eigenvalue weighted by Crippen LogP contribution is 2.41. The summed E-state index contributed by atoms with van der Waals surface area (Å²) < 4.78 is 1.29. The molecule has 1 aromatic heterocycles. The molecule has 0 amide bonds. The second kappa shape index (κ2) is 5.36. The van der Waals surface area contributed by atoms with Gasteiger partial charge in [-0.15, -0.1) is 11.3 Å². The van der Waals surface area contributed by atoms with Crippen LogP contribution in [0.25, 0.3) is 10.2 Å². The fourth-order valence-corrected chi connectivity index (χ4v) is 4.90. The molecule has 2 aliphatic rings. The van der Waals surface area contributed by atoms with Gasteiger partial charge in [-0.05, 0) is 49.3 Å². The molecule has 0 radical (unpaired) electrons. The molecule has 2 nitrogen and oxygen atoms in total. The summed E-state index contributed by atoms with van der Waals surface area (Å²) in [6.45, 7) is 0. The Kier molecular flexibility index (Phi) is 3.39. The van der Waals surface area contributed by atoms with Crippen molar-refractivity contribution in [2.45, 2.75) is 51.0 Å². The first-order valence-corrected chi connectivity index (χ1v) is 8.86. The van der Waals surface area contributed by atoms with Gasteiger partial charge in [-0.1, -0.05) is 25.7 Å². The fraction of sp³-hybridized carbons (Fsp3) is 0.588. The Bertz CT molecular complexity index is 591. The van der Waals surface area contributed by atoms with Crippen molar-refractivity contribution >= 4 is 27.2 Å². The minimum Gasteiger partial charge on any atom is -0.382 e. The Labute approximate surface area is 124 Å². The zero-order valence-electron chi connectivity index (χ0n) is 11.8. The molecule has 3 unspecified atom stereocenters. The van der Waals surface area contributed by atoms with Crippen LogP contribution < -0.4 is 5.32 Å². The number of rotatable bonds is 2. The lowest BCUT2D eigenvalue weighted by atomic mass is 9.69. The van der Waals surface area contributed by atoms with Crippen LogP contribution in [0.15, 0.2) is 23.7 Å². The second-order valence-corrected chi connectivity index (χ2v) is 7.38. The molecule has 2 fully saturated rings. The van der Waals surface area contributed by atoms with Gasteiger partial charge in [0.25, 0.3) is 0 Å². The Morgan fingerprint density at radius 3 is 2.90 bits per heavy atom. The highest BCUT2D eigenvalue weighted by Gasteiger charge is 2.31. The molecule has 1 N–H and O–H groups in total. The van der Waals surface area contributed by atoms with E-state index in [1.54, 1.807) is 11.3 Å². The van der Waals surface area contributed by atoms with E-state index in [4.69, 9.17) is 0 Å². The molecule has 1 heterocycles. The normalized spacial score (nSPS) is 30.1. The lowest BCUT2D eigenvalue weighted by molar-refractivity contribution is 0.162. The Hall–Kier alpha value is -1.09. The van der Waals surface area contributed by atoms with E-state index in [0.717, 1.165) is 17.4 Å². The number of fused-ring (bicyclic) bond motifs is 2. The lowest BCUT2D eigenvalue weighted by Crippen LogP contribution is -2.34. The van der Waals surface area contributed by atoms with Crippen molar-refractivity contribution in [2.24, 2.45) is 11.8 Å². The fourth-order valence-electron chi connectivity index (χ4n) is 4.19. The van der Waals surface area contributed by atoms with Gasteiger partial charge in [0.15, 0.2) is 0 Å². The summed E-state index contributed by atoms with van der Waals surface area (Å²) >= 11 is 1.73. The SMILES string of the molecule is c1nc2ccc(NC3CCC4CCCCC4C3)cc2s1. The number of nitrogens with zero attached hydrogens (tertiary/aromatic N) is 1. The van der Waals surface area contributed by atoms with Crippen molar-refractivity contribution in [3.8, 4) is 0 Å². The third kappa shape index (κ3) is 2.44. The van der Waals surface area contributed by atoms with Crippen LogP contribution in [0, 0.1) is 11.8 Å². The van der Waals surface area contributed by atoms with Gasteiger partial charge in [0, 0.05) is 11.7 Å². The van der Waals surface area contributed by atoms with Crippen LogP contribution >= 0.6 is 11.3 Å². The predicted molar refractivity (Wildman–Crippen MR) is 86.3 cm³/mol. The first-order valence-electron chi connectivity index (χ1n) is 7.98. The van der Waals surface area contributed by atoms with Gasteiger partial charge < -0.3 is 5.32 Å². The second-order valence-electron chi connectivity index (χ2n) is 6.49. The van der Waals surface area contributed by atoms with Gasteiger partial charge in [-0.25, -0.2) is 4.98 Å². The van der Waals surface area contributed by atoms with Crippen molar-refractivity contribution in [2.75, 3.05) is 5.32 Å². The van der Waals surface area contributed by atoms with Gasteiger partial charge in [-0.2, -0.15) is 0 Å². The van der Waals surface area contributed by atoms with E-state index in [1.807, 2.05) is 5.51 Å². The highest BCUT2D eigenvalue weighted by atomic mass is 32.1. The lowest BCUT2D eigenvalue weighted by Gasteiger charge is -2.39. The molecule has 1 aromatic carbocycles. The molecule has 0 bridgehead atoms. The van der Waals surface area contributed by atoms with E-state index in [9.17, 15) is 0 Å². The maximum Gasteiger partial charge on any atom is 0.0813 e. The average Bonchev–Trinajstić information content (AvgIpc) is 2.95. The minimum atomic E-state index is 0.680. The number of thiazole rings is 1. The molecule has 0 aliphatic heterocycles. The van der Waals surface area contributed by atoms with Gasteiger partial charge in [-0.3, -0.25) is 0 Å². The first kappa shape index (κ1) is 12.6. The van der Waals surface area contributed by atoms with E-state index in [-0.39, 0.29) is 0 Å². The first-order chi connectivity index (χ1) is 9.88. The van der Waals surface area contributed by atoms with Gasteiger partial charge in [0.1, 0.15) is 0 Å². The molecule has 0 saturated heterocycles. The summed E-state index contributed by atoms with van der Waals surface area (Å²) in [4.78, 5) is 4.35. The highest BCUT2D eigenvalue weighted by molar-refractivity contribution is 7.16. The van der Waals surface area contributed by atoms with E-state index in [1.165, 1.54) is 55.3 Å². The zero-order chi connectivity index (χ0) is 13.4. The van der Waals surface area contributed by atoms with Crippen LogP contribution in [0.4, 0.5) is 5.69 Å². The molecule has 2 aliphatic carbocycles. The quantitative estimate of drug-likeness (QED) is 0.834. The van der Waals surface area contributed by atoms with Crippen molar-refractivity contribution in [1.29, 1.82) is 0 Å². The van der Waals surface area contributed by atoms with Crippen LogP contribution in [0.2, 0.25) is 0 Å². The van der Waals surface area contributed by atoms with Crippen LogP contribution in [-0.4, -0.2) is 11.0 Å². The maximum absolute atomic E-state index is 4.35. The monoisotopic (exact) mass is 286 g/mol. The minimum absolute atomic E-state index is 0.680. The van der Waals surface area contributed by atoms with Crippen LogP contribution in [0.5, 0.6) is 0 Å². The molecule has 0 spiro atoms. The van der Waals surface area contributed by atoms with Crippen molar-refractivity contribution in [1.82, 2.24) is 4.98 Å². The Balaban J connectivity index is 1.45. The Morgan fingerprint density at radius 2 is 1.95 bits per heavy atom. The predicted octanol–water partition coefficient (Wildman–Crippen LogP) is 5.07. The maximum atomic E-state index is 4.35. The molecule has 20 heavy (non-hydrogen) atoms. The van der Waals surface area contributed by atoms with Gasteiger partial charge >= 0.3 is 0 Å². The van der Waals surface area contributed by atoms with Crippen molar-refractivity contribution < 1.29 is 0 Å². The summed E-state index contributed by atoms with van der Waals surface area (Å²) in [7, 11) is 0. The molecular weight excluding hydrogens is 264 g/mol. The van der Waals surface area contributed by atoms with Crippen LogP contribution in [0.1, 0.15) is 44.9 Å². The molecule has 4 rings (SSSR count). The molecular formula is C17H22N2S. The van der Waals surface area contributed by atoms with Gasteiger partial charge in [0.2, 0.25) is 0 Å². The Morgan fingerprint density at radius 1 is 1.05 bits per heavy atom. The molecule has 2 aromatic rings. The third-order valence-corrected chi connectivity index (χ3v) is 6.03. The van der Waals surface area contributed by atoms with Crippen molar-refractivity contribution in [3.63, 3.8) is 0 Å². The number of nitrogens with one attached hydrogen (secondary N) is 1. The number of anilines is 1. The van der Waals surface area contributed by atoms with Crippen molar-refractivity contribution in [3.05, 3.63) is 23.7 Å². The smallest absolute Gasteiger partial charge is 0.0813 e. The topological polar surface area (TPSA) is 24.9 Å².